The molecular formula is C46H29N3S. The van der Waals surface area contributed by atoms with Crippen molar-refractivity contribution in [2.45, 2.75) is 9.79 Å². The number of rotatable bonds is 2. The first-order valence-corrected chi connectivity index (χ1v) is 17.6. The Balaban J connectivity index is 1.22. The van der Waals surface area contributed by atoms with Crippen LogP contribution in [-0.2, 0) is 0 Å². The van der Waals surface area contributed by atoms with E-state index < -0.39 is 0 Å². The van der Waals surface area contributed by atoms with Crippen LogP contribution in [0, 0.1) is 0 Å². The van der Waals surface area contributed by atoms with Gasteiger partial charge in [0, 0.05) is 39.2 Å². The third-order valence-electron chi connectivity index (χ3n) is 9.79. The van der Waals surface area contributed by atoms with E-state index in [2.05, 4.69) is 155 Å². The first-order valence-electron chi connectivity index (χ1n) is 16.8. The molecule has 0 N–H and O–H groups in total. The summed E-state index contributed by atoms with van der Waals surface area (Å²) in [7, 11) is 0. The van der Waals surface area contributed by atoms with Gasteiger partial charge < -0.3 is 0 Å². The Morgan fingerprint density at radius 1 is 0.480 bits per heavy atom. The summed E-state index contributed by atoms with van der Waals surface area (Å²) in [6, 6.07) is 52.6. The molecule has 9 aromatic rings. The largest absolute Gasteiger partial charge is 0.294 e. The zero-order chi connectivity index (χ0) is 33.0. The zero-order valence-electron chi connectivity index (χ0n) is 27.0. The maximum atomic E-state index is 4.69. The molecule has 3 aromatic heterocycles. The Morgan fingerprint density at radius 3 is 2.16 bits per heavy atom. The Kier molecular flexibility index (Phi) is 6.74. The molecule has 6 aromatic carbocycles. The van der Waals surface area contributed by atoms with E-state index in [1.54, 1.807) is 0 Å². The molecule has 0 bridgehead atoms. The minimum atomic E-state index is 0.895. The first-order chi connectivity index (χ1) is 24.8. The maximum absolute atomic E-state index is 4.69. The Labute approximate surface area is 294 Å². The SMILES string of the molecule is C1=C\c2ccc(-c3ccc4c(c3)c3cnccc3n4-c3ccccn3)cc2-c2ccc3ccccc3c2Sc2ccccc2-c2ccccc2/1. The van der Waals surface area contributed by atoms with Gasteiger partial charge in [0.1, 0.15) is 5.82 Å². The molecule has 0 saturated carbocycles. The van der Waals surface area contributed by atoms with Gasteiger partial charge in [0.25, 0.3) is 0 Å². The normalized spacial score (nSPS) is 12.9. The van der Waals surface area contributed by atoms with Crippen molar-refractivity contribution >= 4 is 56.5 Å². The van der Waals surface area contributed by atoms with Crippen LogP contribution in [0.5, 0.6) is 0 Å². The van der Waals surface area contributed by atoms with E-state index in [-0.39, 0.29) is 0 Å². The van der Waals surface area contributed by atoms with Gasteiger partial charge in [0.2, 0.25) is 0 Å². The Bertz CT molecular complexity index is 2790. The highest BCUT2D eigenvalue weighted by Gasteiger charge is 2.19. The van der Waals surface area contributed by atoms with E-state index in [1.165, 1.54) is 59.5 Å². The van der Waals surface area contributed by atoms with Gasteiger partial charge in [0.05, 0.1) is 11.0 Å². The topological polar surface area (TPSA) is 30.7 Å². The molecule has 50 heavy (non-hydrogen) atoms. The number of benzene rings is 6. The van der Waals surface area contributed by atoms with Crippen LogP contribution in [0.3, 0.4) is 0 Å². The van der Waals surface area contributed by atoms with Gasteiger partial charge in [-0.05, 0) is 97.7 Å². The van der Waals surface area contributed by atoms with E-state index in [0.717, 1.165) is 33.2 Å². The van der Waals surface area contributed by atoms with Crippen molar-refractivity contribution in [3.8, 4) is 39.2 Å². The van der Waals surface area contributed by atoms with Crippen molar-refractivity contribution in [2.75, 3.05) is 0 Å². The number of hydrogen-bond donors (Lipinski definition) is 0. The standard InChI is InChI=1S/C46H29N3S/c1-3-11-35-30(9-1)16-17-32-18-19-33(34-21-23-42-40(28-34)41-29-47-26-24-43(41)49(42)45-15-7-8-25-48-45)27-39(32)38-22-20-31-10-2-4-12-36(31)46(38)50-44-14-6-5-13-37(35)44/h1-29H/b17-16-. The summed E-state index contributed by atoms with van der Waals surface area (Å²) in [6.45, 7) is 0. The van der Waals surface area contributed by atoms with Gasteiger partial charge in [-0.15, -0.1) is 0 Å². The number of aromatic nitrogens is 3. The van der Waals surface area contributed by atoms with Crippen LogP contribution >= 0.6 is 11.8 Å². The molecule has 3 nitrogen and oxygen atoms in total. The molecule has 234 valence electrons. The molecule has 0 saturated heterocycles. The lowest BCUT2D eigenvalue weighted by Crippen LogP contribution is -1.96. The third-order valence-corrected chi connectivity index (χ3v) is 11.0. The molecule has 0 aliphatic carbocycles. The van der Waals surface area contributed by atoms with E-state index in [0.29, 0.717) is 0 Å². The van der Waals surface area contributed by atoms with Crippen molar-refractivity contribution in [1.82, 2.24) is 14.5 Å². The molecule has 0 fully saturated rings. The second-order valence-electron chi connectivity index (χ2n) is 12.6. The fourth-order valence-electron chi connectivity index (χ4n) is 7.41. The Hall–Kier alpha value is -6.23. The molecule has 1 aliphatic rings. The molecule has 0 unspecified atom stereocenters. The summed E-state index contributed by atoms with van der Waals surface area (Å²) < 4.78 is 2.23. The second kappa shape index (κ2) is 11.7. The number of pyridine rings is 2. The summed E-state index contributed by atoms with van der Waals surface area (Å²) >= 11 is 1.87. The van der Waals surface area contributed by atoms with Crippen LogP contribution < -0.4 is 0 Å². The highest BCUT2D eigenvalue weighted by atomic mass is 32.2. The van der Waals surface area contributed by atoms with Crippen molar-refractivity contribution < 1.29 is 0 Å². The molecule has 0 amide bonds. The zero-order valence-corrected chi connectivity index (χ0v) is 27.8. The highest BCUT2D eigenvalue weighted by molar-refractivity contribution is 7.99. The van der Waals surface area contributed by atoms with Gasteiger partial charge in [-0.2, -0.15) is 0 Å². The smallest absolute Gasteiger partial charge is 0.137 e. The fraction of sp³-hybridized carbons (Fsp3) is 0. The number of fused-ring (bicyclic) bond motifs is 11. The summed E-state index contributed by atoms with van der Waals surface area (Å²) in [5.41, 5.74) is 11.8. The highest BCUT2D eigenvalue weighted by Crippen LogP contribution is 2.47. The van der Waals surface area contributed by atoms with Crippen LogP contribution in [0.15, 0.2) is 174 Å². The third kappa shape index (κ3) is 4.68. The average Bonchev–Trinajstić information content (AvgIpc) is 3.50. The maximum Gasteiger partial charge on any atom is 0.137 e. The van der Waals surface area contributed by atoms with E-state index in [1.807, 2.05) is 42.5 Å². The predicted molar refractivity (Wildman–Crippen MR) is 210 cm³/mol. The summed E-state index contributed by atoms with van der Waals surface area (Å²) in [5.74, 6) is 0.895. The fourth-order valence-corrected chi connectivity index (χ4v) is 8.65. The molecule has 0 radical (unpaired) electrons. The summed E-state index contributed by atoms with van der Waals surface area (Å²) in [6.07, 6.45) is 10.2. The van der Waals surface area contributed by atoms with Crippen LogP contribution in [-0.4, -0.2) is 14.5 Å². The summed E-state index contributed by atoms with van der Waals surface area (Å²) in [4.78, 5) is 11.7. The first kappa shape index (κ1) is 28.8. The molecule has 4 heterocycles. The Morgan fingerprint density at radius 2 is 1.24 bits per heavy atom. The lowest BCUT2D eigenvalue weighted by molar-refractivity contribution is 1.08. The molecular weight excluding hydrogens is 627 g/mol. The van der Waals surface area contributed by atoms with Crippen LogP contribution in [0.1, 0.15) is 11.1 Å². The molecule has 0 spiro atoms. The van der Waals surface area contributed by atoms with Crippen molar-refractivity contribution in [3.63, 3.8) is 0 Å². The number of nitrogens with zero attached hydrogens (tertiary/aromatic N) is 3. The van der Waals surface area contributed by atoms with Crippen molar-refractivity contribution in [2.24, 2.45) is 0 Å². The lowest BCUT2D eigenvalue weighted by atomic mass is 9.92. The van der Waals surface area contributed by atoms with Gasteiger partial charge in [-0.25, -0.2) is 4.98 Å². The van der Waals surface area contributed by atoms with Gasteiger partial charge in [-0.1, -0.05) is 127 Å². The second-order valence-corrected chi connectivity index (χ2v) is 13.7. The summed E-state index contributed by atoms with van der Waals surface area (Å²) in [5, 5.41) is 4.76. The van der Waals surface area contributed by atoms with E-state index in [9.17, 15) is 0 Å². The van der Waals surface area contributed by atoms with Crippen LogP contribution in [0.4, 0.5) is 0 Å². The molecule has 4 heteroatoms. The van der Waals surface area contributed by atoms with E-state index in [4.69, 9.17) is 4.98 Å². The van der Waals surface area contributed by atoms with Gasteiger partial charge in [0.15, 0.2) is 0 Å². The van der Waals surface area contributed by atoms with Crippen LogP contribution in [0.2, 0.25) is 0 Å². The van der Waals surface area contributed by atoms with E-state index >= 15 is 0 Å². The lowest BCUT2D eigenvalue weighted by Gasteiger charge is -2.17. The van der Waals surface area contributed by atoms with Crippen molar-refractivity contribution in [3.05, 3.63) is 175 Å². The quantitative estimate of drug-likeness (QED) is 0.186. The van der Waals surface area contributed by atoms with Gasteiger partial charge >= 0.3 is 0 Å². The monoisotopic (exact) mass is 655 g/mol. The van der Waals surface area contributed by atoms with Crippen LogP contribution in [0.25, 0.3) is 83.9 Å². The minimum Gasteiger partial charge on any atom is -0.294 e. The molecule has 0 atom stereocenters. The van der Waals surface area contributed by atoms with Gasteiger partial charge in [-0.3, -0.25) is 9.55 Å². The minimum absolute atomic E-state index is 0.895. The molecule has 10 rings (SSSR count). The molecule has 1 aliphatic heterocycles. The average molecular weight is 656 g/mol. The number of hydrogen-bond acceptors (Lipinski definition) is 3. The predicted octanol–water partition coefficient (Wildman–Crippen LogP) is 12.4. The van der Waals surface area contributed by atoms with Crippen molar-refractivity contribution in [1.29, 1.82) is 0 Å².